The summed E-state index contributed by atoms with van der Waals surface area (Å²) in [6.45, 7) is 3.18. The summed E-state index contributed by atoms with van der Waals surface area (Å²) >= 11 is 1.88. The monoisotopic (exact) mass is 303 g/mol. The lowest BCUT2D eigenvalue weighted by Crippen LogP contribution is -2.29. The van der Waals surface area contributed by atoms with Crippen molar-refractivity contribution in [3.05, 3.63) is 57.5 Å². The van der Waals surface area contributed by atoms with Gasteiger partial charge in [-0.1, -0.05) is 19.1 Å². The summed E-state index contributed by atoms with van der Waals surface area (Å²) in [6, 6.07) is 9.60. The Balaban J connectivity index is 1.91. The van der Waals surface area contributed by atoms with Crippen LogP contribution >= 0.6 is 11.3 Å². The molecule has 1 aromatic heterocycles. The number of benzene rings is 1. The molecule has 0 bridgehead atoms. The molecule has 0 spiro atoms. The molecule has 0 radical (unpaired) electrons. The van der Waals surface area contributed by atoms with Gasteiger partial charge < -0.3 is 5.32 Å². The minimum absolute atomic E-state index is 0.159. The average Bonchev–Trinajstić information content (AvgIpc) is 2.98. The van der Waals surface area contributed by atoms with Crippen LogP contribution in [0.1, 0.15) is 54.1 Å². The van der Waals surface area contributed by atoms with Gasteiger partial charge in [0, 0.05) is 16.8 Å². The van der Waals surface area contributed by atoms with Gasteiger partial charge in [-0.3, -0.25) is 0 Å². The first-order chi connectivity index (χ1) is 10.3. The number of fused-ring (bicyclic) bond motifs is 1. The van der Waals surface area contributed by atoms with Crippen molar-refractivity contribution in [1.29, 1.82) is 0 Å². The highest BCUT2D eigenvalue weighted by Crippen LogP contribution is 2.42. The molecule has 2 unspecified atom stereocenters. The Morgan fingerprint density at radius 1 is 1.29 bits per heavy atom. The molecule has 0 saturated carbocycles. The van der Waals surface area contributed by atoms with Gasteiger partial charge in [0.2, 0.25) is 0 Å². The molecule has 1 aromatic carbocycles. The van der Waals surface area contributed by atoms with E-state index in [2.05, 4.69) is 23.7 Å². The molecule has 3 rings (SSSR count). The van der Waals surface area contributed by atoms with Gasteiger partial charge in [0.1, 0.15) is 5.82 Å². The number of thiophene rings is 1. The average molecular weight is 303 g/mol. The molecule has 1 nitrogen and oxygen atoms in total. The first kappa shape index (κ1) is 14.7. The van der Waals surface area contributed by atoms with Crippen molar-refractivity contribution < 1.29 is 4.39 Å². The Labute approximate surface area is 130 Å². The molecule has 0 amide bonds. The second-order valence-corrected chi connectivity index (χ2v) is 6.78. The Kier molecular flexibility index (Phi) is 4.71. The molecular weight excluding hydrogens is 281 g/mol. The molecule has 0 aliphatic heterocycles. The first-order valence-electron chi connectivity index (χ1n) is 7.84. The van der Waals surface area contributed by atoms with Crippen LogP contribution in [0.5, 0.6) is 0 Å². The maximum absolute atomic E-state index is 13.2. The molecule has 2 aromatic rings. The van der Waals surface area contributed by atoms with E-state index in [1.54, 1.807) is 12.1 Å². The van der Waals surface area contributed by atoms with E-state index in [0.29, 0.717) is 12.0 Å². The third-order valence-corrected chi connectivity index (χ3v) is 5.34. The number of halogens is 1. The van der Waals surface area contributed by atoms with Crippen LogP contribution in [0, 0.1) is 5.82 Å². The molecule has 0 saturated heterocycles. The number of rotatable bonds is 5. The van der Waals surface area contributed by atoms with Crippen molar-refractivity contribution in [1.82, 2.24) is 5.32 Å². The van der Waals surface area contributed by atoms with Crippen molar-refractivity contribution in [3.63, 3.8) is 0 Å². The minimum Gasteiger partial charge on any atom is -0.309 e. The van der Waals surface area contributed by atoms with E-state index in [0.717, 1.165) is 13.0 Å². The Morgan fingerprint density at radius 2 is 2.10 bits per heavy atom. The lowest BCUT2D eigenvalue weighted by molar-refractivity contribution is 0.404. The van der Waals surface area contributed by atoms with Crippen molar-refractivity contribution in [3.8, 4) is 0 Å². The first-order valence-corrected chi connectivity index (χ1v) is 8.72. The van der Waals surface area contributed by atoms with Gasteiger partial charge in [0.25, 0.3) is 0 Å². The Bertz CT molecular complexity index is 575. The second-order valence-electron chi connectivity index (χ2n) is 5.78. The van der Waals surface area contributed by atoms with Gasteiger partial charge in [-0.15, -0.1) is 11.3 Å². The zero-order valence-corrected chi connectivity index (χ0v) is 13.3. The summed E-state index contributed by atoms with van der Waals surface area (Å²) in [6.07, 6.45) is 4.79. The highest BCUT2D eigenvalue weighted by Gasteiger charge is 2.29. The summed E-state index contributed by atoms with van der Waals surface area (Å²) in [5.41, 5.74) is 2.71. The van der Waals surface area contributed by atoms with Crippen molar-refractivity contribution in [2.45, 2.75) is 44.6 Å². The summed E-state index contributed by atoms with van der Waals surface area (Å²) < 4.78 is 13.2. The summed E-state index contributed by atoms with van der Waals surface area (Å²) in [5, 5.41) is 5.90. The van der Waals surface area contributed by atoms with Crippen molar-refractivity contribution in [2.75, 3.05) is 6.54 Å². The van der Waals surface area contributed by atoms with E-state index >= 15 is 0 Å². The summed E-state index contributed by atoms with van der Waals surface area (Å²) in [5.74, 6) is 0.352. The number of aryl methyl sites for hydroxylation is 1. The van der Waals surface area contributed by atoms with E-state index in [-0.39, 0.29) is 5.82 Å². The predicted octanol–water partition coefficient (Wildman–Crippen LogP) is 5.05. The predicted molar refractivity (Wildman–Crippen MR) is 87.4 cm³/mol. The highest BCUT2D eigenvalue weighted by molar-refractivity contribution is 7.10. The number of hydrogen-bond acceptors (Lipinski definition) is 2. The molecular formula is C18H22FNS. The zero-order valence-electron chi connectivity index (χ0n) is 12.4. The molecule has 2 atom stereocenters. The Morgan fingerprint density at radius 3 is 2.86 bits per heavy atom. The molecule has 1 N–H and O–H groups in total. The standard InChI is InChI=1S/C18H22FNS/c1-2-11-20-18(13-6-8-14(19)9-7-13)16-4-3-5-17-15(16)10-12-21-17/h6-10,12,16,18,20H,2-5,11H2,1H3. The van der Waals surface area contributed by atoms with Crippen LogP contribution < -0.4 is 5.32 Å². The van der Waals surface area contributed by atoms with Crippen LogP contribution in [0.4, 0.5) is 4.39 Å². The van der Waals surface area contributed by atoms with E-state index in [1.165, 1.54) is 35.3 Å². The minimum atomic E-state index is -0.159. The van der Waals surface area contributed by atoms with Crippen LogP contribution in [0.15, 0.2) is 35.7 Å². The number of nitrogens with one attached hydrogen (secondary N) is 1. The van der Waals surface area contributed by atoms with Crippen LogP contribution in [0.2, 0.25) is 0 Å². The van der Waals surface area contributed by atoms with Gasteiger partial charge in [-0.2, -0.15) is 0 Å². The number of hydrogen-bond donors (Lipinski definition) is 1. The normalized spacial score (nSPS) is 19.2. The third kappa shape index (κ3) is 3.19. The topological polar surface area (TPSA) is 12.0 Å². The zero-order chi connectivity index (χ0) is 14.7. The molecule has 1 aliphatic carbocycles. The van der Waals surface area contributed by atoms with Gasteiger partial charge in [-0.25, -0.2) is 4.39 Å². The summed E-state index contributed by atoms with van der Waals surface area (Å²) in [7, 11) is 0. The molecule has 3 heteroatoms. The van der Waals surface area contributed by atoms with Gasteiger partial charge in [0.05, 0.1) is 0 Å². The van der Waals surface area contributed by atoms with Gasteiger partial charge in [0.15, 0.2) is 0 Å². The lowest BCUT2D eigenvalue weighted by Gasteiger charge is -2.32. The van der Waals surface area contributed by atoms with E-state index < -0.39 is 0 Å². The quantitative estimate of drug-likeness (QED) is 0.815. The largest absolute Gasteiger partial charge is 0.309 e. The SMILES string of the molecule is CCCNC(c1ccc(F)cc1)C1CCCc2sccc21. The second kappa shape index (κ2) is 6.71. The van der Waals surface area contributed by atoms with E-state index in [1.807, 2.05) is 23.5 Å². The van der Waals surface area contributed by atoms with Gasteiger partial charge in [-0.05, 0) is 66.9 Å². The fraction of sp³-hybridized carbons (Fsp3) is 0.444. The molecule has 1 aliphatic rings. The van der Waals surface area contributed by atoms with Crippen LogP contribution in [-0.2, 0) is 6.42 Å². The van der Waals surface area contributed by atoms with Crippen molar-refractivity contribution in [2.24, 2.45) is 0 Å². The summed E-state index contributed by atoms with van der Waals surface area (Å²) in [4.78, 5) is 1.54. The maximum Gasteiger partial charge on any atom is 0.123 e. The lowest BCUT2D eigenvalue weighted by atomic mass is 9.80. The third-order valence-electron chi connectivity index (χ3n) is 4.34. The maximum atomic E-state index is 13.2. The van der Waals surface area contributed by atoms with E-state index in [9.17, 15) is 4.39 Å². The highest BCUT2D eigenvalue weighted by atomic mass is 32.1. The van der Waals surface area contributed by atoms with E-state index in [4.69, 9.17) is 0 Å². The molecule has 112 valence electrons. The van der Waals surface area contributed by atoms with Crippen molar-refractivity contribution >= 4 is 11.3 Å². The molecule has 21 heavy (non-hydrogen) atoms. The fourth-order valence-electron chi connectivity index (χ4n) is 3.33. The van der Waals surface area contributed by atoms with Crippen LogP contribution in [-0.4, -0.2) is 6.54 Å². The molecule has 0 fully saturated rings. The van der Waals surface area contributed by atoms with Crippen LogP contribution in [0.3, 0.4) is 0 Å². The Hall–Kier alpha value is -1.19. The van der Waals surface area contributed by atoms with Crippen LogP contribution in [0.25, 0.3) is 0 Å². The smallest absolute Gasteiger partial charge is 0.123 e. The fourth-order valence-corrected chi connectivity index (χ4v) is 4.33. The molecule has 1 heterocycles. The van der Waals surface area contributed by atoms with Gasteiger partial charge >= 0.3 is 0 Å².